The van der Waals surface area contributed by atoms with Crippen LogP contribution in [0.1, 0.15) is 329 Å². The zero-order valence-corrected chi connectivity index (χ0v) is 45.0. The molecule has 0 saturated carbocycles. The Morgan fingerprint density at radius 1 is 0.333 bits per heavy atom. The number of unbranched alkanes of at least 4 members (excludes halogenated alkanes) is 41. The van der Waals surface area contributed by atoms with E-state index in [0.29, 0.717) is 26.1 Å². The van der Waals surface area contributed by atoms with Crippen molar-refractivity contribution < 1.29 is 23.8 Å². The van der Waals surface area contributed by atoms with E-state index in [1.165, 1.54) is 250 Å². The van der Waals surface area contributed by atoms with Gasteiger partial charge in [-0.3, -0.25) is 9.59 Å². The van der Waals surface area contributed by atoms with Gasteiger partial charge in [0.2, 0.25) is 0 Å². The Balaban J connectivity index is 4.22. The molecule has 0 rings (SSSR count). The van der Waals surface area contributed by atoms with Crippen molar-refractivity contribution in [3.8, 4) is 0 Å². The second-order valence-corrected chi connectivity index (χ2v) is 20.3. The maximum atomic E-state index is 12.9. The summed E-state index contributed by atoms with van der Waals surface area (Å²) in [6.45, 7) is 7.87. The Kier molecular flexibility index (Phi) is 56.3. The molecule has 5 heteroatoms. The maximum absolute atomic E-state index is 12.9. The zero-order valence-electron chi connectivity index (χ0n) is 45.0. The van der Waals surface area contributed by atoms with Gasteiger partial charge in [-0.1, -0.05) is 289 Å². The molecule has 390 valence electrons. The summed E-state index contributed by atoms with van der Waals surface area (Å²) in [5.74, 6) is -0.374. The van der Waals surface area contributed by atoms with E-state index in [4.69, 9.17) is 14.2 Å². The van der Waals surface area contributed by atoms with E-state index in [0.717, 1.165) is 44.9 Å². The first kappa shape index (κ1) is 64.4. The molecule has 66 heavy (non-hydrogen) atoms. The van der Waals surface area contributed by atoms with E-state index in [-0.39, 0.29) is 18.5 Å². The highest BCUT2D eigenvalue weighted by Gasteiger charge is 2.17. The van der Waals surface area contributed by atoms with Crippen molar-refractivity contribution in [2.45, 2.75) is 335 Å². The lowest BCUT2D eigenvalue weighted by Gasteiger charge is -2.18. The van der Waals surface area contributed by atoms with Gasteiger partial charge in [0.15, 0.2) is 6.10 Å². The summed E-state index contributed by atoms with van der Waals surface area (Å²) in [6, 6.07) is 0. The molecule has 0 fully saturated rings. The van der Waals surface area contributed by atoms with Crippen molar-refractivity contribution >= 4 is 11.9 Å². The second kappa shape index (κ2) is 57.7. The number of allylic oxidation sites excluding steroid dienone is 4. The van der Waals surface area contributed by atoms with E-state index in [1.807, 2.05) is 0 Å². The molecule has 0 aromatic rings. The van der Waals surface area contributed by atoms with Crippen molar-refractivity contribution in [2.75, 3.05) is 19.8 Å². The lowest BCUT2D eigenvalue weighted by molar-refractivity contribution is -0.163. The Bertz CT molecular complexity index is 1010. The molecule has 0 aromatic heterocycles. The fourth-order valence-corrected chi connectivity index (χ4v) is 9.01. The topological polar surface area (TPSA) is 61.8 Å². The third-order valence-corrected chi connectivity index (χ3v) is 13.5. The highest BCUT2D eigenvalue weighted by molar-refractivity contribution is 5.70. The van der Waals surface area contributed by atoms with E-state index >= 15 is 0 Å². The summed E-state index contributed by atoms with van der Waals surface area (Å²) in [4.78, 5) is 25.5. The van der Waals surface area contributed by atoms with Gasteiger partial charge >= 0.3 is 11.9 Å². The van der Waals surface area contributed by atoms with Gasteiger partial charge in [-0.25, -0.2) is 0 Å². The summed E-state index contributed by atoms with van der Waals surface area (Å²) >= 11 is 0. The van der Waals surface area contributed by atoms with Gasteiger partial charge in [-0.15, -0.1) is 0 Å². The fraction of sp³-hybridized carbons (Fsp3) is 0.902. The third kappa shape index (κ3) is 55.0. The Labute approximate surface area is 413 Å². The summed E-state index contributed by atoms with van der Waals surface area (Å²) in [7, 11) is 0. The summed E-state index contributed by atoms with van der Waals surface area (Å²) in [5.41, 5.74) is 0. The largest absolute Gasteiger partial charge is 0.462 e. The van der Waals surface area contributed by atoms with Crippen molar-refractivity contribution in [1.82, 2.24) is 0 Å². The number of carbonyl (C=O) groups is 2. The number of hydrogen-bond donors (Lipinski definition) is 0. The van der Waals surface area contributed by atoms with Crippen LogP contribution in [-0.2, 0) is 23.8 Å². The number of carbonyl (C=O) groups excluding carboxylic acids is 2. The van der Waals surface area contributed by atoms with Crippen LogP contribution in [0.25, 0.3) is 0 Å². The molecule has 0 saturated heterocycles. The molecule has 1 unspecified atom stereocenters. The number of rotatable bonds is 56. The summed E-state index contributed by atoms with van der Waals surface area (Å²) in [5, 5.41) is 0. The number of hydrogen-bond acceptors (Lipinski definition) is 5. The maximum Gasteiger partial charge on any atom is 0.306 e. The van der Waals surface area contributed by atoms with Gasteiger partial charge in [0.25, 0.3) is 0 Å². The van der Waals surface area contributed by atoms with Crippen molar-refractivity contribution in [3.63, 3.8) is 0 Å². The minimum atomic E-state index is -0.532. The monoisotopic (exact) mass is 929 g/mol. The minimum Gasteiger partial charge on any atom is -0.462 e. The van der Waals surface area contributed by atoms with Gasteiger partial charge in [0.05, 0.1) is 6.61 Å². The first-order valence-electron chi connectivity index (χ1n) is 29.9. The van der Waals surface area contributed by atoms with Crippen LogP contribution in [-0.4, -0.2) is 37.9 Å². The van der Waals surface area contributed by atoms with E-state index in [2.05, 4.69) is 45.1 Å². The molecule has 5 nitrogen and oxygen atoms in total. The first-order chi connectivity index (χ1) is 32.6. The summed E-state index contributed by atoms with van der Waals surface area (Å²) < 4.78 is 17.5. The van der Waals surface area contributed by atoms with E-state index in [1.54, 1.807) is 0 Å². The van der Waals surface area contributed by atoms with Gasteiger partial charge < -0.3 is 14.2 Å². The summed E-state index contributed by atoms with van der Waals surface area (Å²) in [6.07, 6.45) is 69.1. The van der Waals surface area contributed by atoms with Crippen LogP contribution in [0.5, 0.6) is 0 Å². The predicted octanol–water partition coefficient (Wildman–Crippen LogP) is 20.4. The molecule has 0 spiro atoms. The van der Waals surface area contributed by atoms with Crippen LogP contribution < -0.4 is 0 Å². The third-order valence-electron chi connectivity index (χ3n) is 13.5. The average molecular weight is 930 g/mol. The smallest absolute Gasteiger partial charge is 0.306 e. The highest BCUT2D eigenvalue weighted by Crippen LogP contribution is 2.17. The first-order valence-corrected chi connectivity index (χ1v) is 29.9. The molecule has 0 N–H and O–H groups in total. The molecule has 0 aliphatic rings. The Morgan fingerprint density at radius 3 is 1.03 bits per heavy atom. The van der Waals surface area contributed by atoms with Gasteiger partial charge in [-0.05, 0) is 51.4 Å². The van der Waals surface area contributed by atoms with Crippen LogP contribution >= 0.6 is 0 Å². The molecule has 0 amide bonds. The Hall–Kier alpha value is -1.62. The molecule has 0 heterocycles. The quantitative estimate of drug-likeness (QED) is 0.0345. The van der Waals surface area contributed by atoms with Crippen LogP contribution in [0.4, 0.5) is 0 Å². The van der Waals surface area contributed by atoms with E-state index < -0.39 is 6.10 Å². The molecular weight excluding hydrogens is 813 g/mol. The normalized spacial score (nSPS) is 12.2. The standard InChI is InChI=1S/C61H116O5/c1-4-7-10-13-16-19-22-25-28-30-32-35-38-41-44-47-50-53-56-64-57-59(66-61(63)55-52-49-46-43-40-37-33-27-24-21-18-15-12-9-6-3)58-65-60(62)54-51-48-45-42-39-36-34-31-29-26-23-20-17-14-11-8-5-2/h16,19,25,28,59H,4-15,17-18,20-24,26-27,29-58H2,1-3H3/b19-16-,28-25-. The zero-order chi connectivity index (χ0) is 47.7. The number of ether oxygens (including phenoxy) is 3. The van der Waals surface area contributed by atoms with E-state index in [9.17, 15) is 9.59 Å². The molecule has 0 aliphatic carbocycles. The molecule has 1 atom stereocenters. The van der Waals surface area contributed by atoms with Crippen LogP contribution in [0.3, 0.4) is 0 Å². The van der Waals surface area contributed by atoms with Gasteiger partial charge in [0.1, 0.15) is 6.61 Å². The lowest BCUT2D eigenvalue weighted by atomic mass is 10.0. The average Bonchev–Trinajstić information content (AvgIpc) is 3.32. The van der Waals surface area contributed by atoms with Crippen LogP contribution in [0.2, 0.25) is 0 Å². The molecule has 0 radical (unpaired) electrons. The van der Waals surface area contributed by atoms with Crippen molar-refractivity contribution in [3.05, 3.63) is 24.3 Å². The SMILES string of the molecule is CCCCC/C=C\C/C=C\CCCCCCCCCCOCC(COC(=O)CCCCCCCCCCCCCCCCCCC)OC(=O)CCCCCCCCCCCCCCCCC. The number of esters is 2. The molecule has 0 aliphatic heterocycles. The second-order valence-electron chi connectivity index (χ2n) is 20.3. The Morgan fingerprint density at radius 2 is 0.636 bits per heavy atom. The van der Waals surface area contributed by atoms with Crippen molar-refractivity contribution in [2.24, 2.45) is 0 Å². The lowest BCUT2D eigenvalue weighted by Crippen LogP contribution is -2.30. The van der Waals surface area contributed by atoms with Crippen LogP contribution in [0.15, 0.2) is 24.3 Å². The molecule has 0 bridgehead atoms. The van der Waals surface area contributed by atoms with Crippen molar-refractivity contribution in [1.29, 1.82) is 0 Å². The van der Waals surface area contributed by atoms with Gasteiger partial charge in [0, 0.05) is 19.4 Å². The highest BCUT2D eigenvalue weighted by atomic mass is 16.6. The fourth-order valence-electron chi connectivity index (χ4n) is 9.01. The predicted molar refractivity (Wildman–Crippen MR) is 289 cm³/mol. The minimum absolute atomic E-state index is 0.0916. The van der Waals surface area contributed by atoms with Crippen LogP contribution in [0, 0.1) is 0 Å². The molecular formula is C61H116O5. The molecule has 0 aromatic carbocycles. The van der Waals surface area contributed by atoms with Gasteiger partial charge in [-0.2, -0.15) is 0 Å².